The first kappa shape index (κ1) is 15.2. The van der Waals surface area contributed by atoms with Crippen molar-refractivity contribution in [3.63, 3.8) is 0 Å². The zero-order valence-electron chi connectivity index (χ0n) is 11.4. The van der Waals surface area contributed by atoms with E-state index >= 15 is 0 Å². The molecule has 3 heteroatoms. The van der Waals surface area contributed by atoms with E-state index in [1.54, 1.807) is 6.92 Å². The average molecular weight is 264 g/mol. The van der Waals surface area contributed by atoms with Crippen LogP contribution in [0.4, 0.5) is 8.78 Å². The summed E-state index contributed by atoms with van der Waals surface area (Å²) in [6, 6.07) is 12.0. The van der Waals surface area contributed by atoms with Gasteiger partial charge in [0, 0.05) is 0 Å². The first-order valence-corrected chi connectivity index (χ1v) is 6.29. The standard InChI is InChI=1S/C14H12F2O.C2H6/c1-10-7-12(15)14(16)13(8-10)17-9-11-5-3-2-4-6-11;1-2/h2-8H,9H2,1H3;1-2H3. The predicted molar refractivity (Wildman–Crippen MR) is 73.2 cm³/mol. The van der Waals surface area contributed by atoms with Gasteiger partial charge in [-0.05, 0) is 30.2 Å². The number of ether oxygens (including phenoxy) is 1. The second kappa shape index (κ2) is 7.52. The molecule has 0 bridgehead atoms. The van der Waals surface area contributed by atoms with Gasteiger partial charge in [0.1, 0.15) is 6.61 Å². The van der Waals surface area contributed by atoms with Gasteiger partial charge in [-0.25, -0.2) is 4.39 Å². The summed E-state index contributed by atoms with van der Waals surface area (Å²) in [7, 11) is 0. The smallest absolute Gasteiger partial charge is 0.200 e. The second-order valence-electron chi connectivity index (χ2n) is 3.83. The van der Waals surface area contributed by atoms with Crippen molar-refractivity contribution in [1.82, 2.24) is 0 Å². The maximum Gasteiger partial charge on any atom is 0.200 e. The number of rotatable bonds is 3. The Morgan fingerprint density at radius 1 is 1.00 bits per heavy atom. The molecule has 0 aromatic heterocycles. The summed E-state index contributed by atoms with van der Waals surface area (Å²) in [5.74, 6) is -1.87. The van der Waals surface area contributed by atoms with Crippen LogP contribution in [0.25, 0.3) is 0 Å². The maximum atomic E-state index is 13.4. The number of hydrogen-bond acceptors (Lipinski definition) is 1. The van der Waals surface area contributed by atoms with E-state index < -0.39 is 11.6 Å². The summed E-state index contributed by atoms with van der Waals surface area (Å²) in [6.07, 6.45) is 0. The third-order valence-electron chi connectivity index (χ3n) is 2.38. The third-order valence-corrected chi connectivity index (χ3v) is 2.38. The van der Waals surface area contributed by atoms with Gasteiger partial charge in [0.2, 0.25) is 5.82 Å². The Morgan fingerprint density at radius 3 is 2.26 bits per heavy atom. The Hall–Kier alpha value is -1.90. The minimum Gasteiger partial charge on any atom is -0.486 e. The highest BCUT2D eigenvalue weighted by molar-refractivity contribution is 5.31. The van der Waals surface area contributed by atoms with Crippen molar-refractivity contribution in [3.05, 3.63) is 65.2 Å². The lowest BCUT2D eigenvalue weighted by Gasteiger charge is -2.08. The lowest BCUT2D eigenvalue weighted by atomic mass is 10.2. The van der Waals surface area contributed by atoms with Crippen LogP contribution in [-0.2, 0) is 6.61 Å². The molecule has 1 nitrogen and oxygen atoms in total. The molecule has 2 rings (SSSR count). The number of benzene rings is 2. The molecule has 0 amide bonds. The van der Waals surface area contributed by atoms with Gasteiger partial charge in [0.15, 0.2) is 11.6 Å². The molecule has 2 aromatic rings. The van der Waals surface area contributed by atoms with Crippen LogP contribution in [0, 0.1) is 18.6 Å². The monoisotopic (exact) mass is 264 g/mol. The van der Waals surface area contributed by atoms with Gasteiger partial charge < -0.3 is 4.74 Å². The van der Waals surface area contributed by atoms with Gasteiger partial charge in [0.05, 0.1) is 0 Å². The number of hydrogen-bond donors (Lipinski definition) is 0. The summed E-state index contributed by atoms with van der Waals surface area (Å²) >= 11 is 0. The summed E-state index contributed by atoms with van der Waals surface area (Å²) in [5.41, 5.74) is 1.54. The SMILES string of the molecule is CC.Cc1cc(F)c(F)c(OCc2ccccc2)c1. The van der Waals surface area contributed by atoms with Crippen molar-refractivity contribution in [2.24, 2.45) is 0 Å². The Balaban J connectivity index is 0.000000861. The number of aryl methyl sites for hydroxylation is 1. The molecule has 19 heavy (non-hydrogen) atoms. The van der Waals surface area contributed by atoms with Crippen LogP contribution < -0.4 is 4.74 Å². The topological polar surface area (TPSA) is 9.23 Å². The van der Waals surface area contributed by atoms with E-state index in [1.807, 2.05) is 44.2 Å². The molecule has 0 heterocycles. The lowest BCUT2D eigenvalue weighted by molar-refractivity contribution is 0.284. The van der Waals surface area contributed by atoms with Crippen molar-refractivity contribution >= 4 is 0 Å². The van der Waals surface area contributed by atoms with Crippen molar-refractivity contribution < 1.29 is 13.5 Å². The molecule has 0 saturated heterocycles. The Labute approximate surface area is 112 Å². The van der Waals surface area contributed by atoms with Gasteiger partial charge >= 0.3 is 0 Å². The summed E-state index contributed by atoms with van der Waals surface area (Å²) < 4.78 is 31.8. The maximum absolute atomic E-state index is 13.4. The normalized spacial score (nSPS) is 9.53. The molecule has 0 N–H and O–H groups in total. The second-order valence-corrected chi connectivity index (χ2v) is 3.83. The van der Waals surface area contributed by atoms with Crippen molar-refractivity contribution in [2.45, 2.75) is 27.4 Å². The van der Waals surface area contributed by atoms with Crippen LogP contribution >= 0.6 is 0 Å². The minimum atomic E-state index is -0.938. The summed E-state index contributed by atoms with van der Waals surface area (Å²) in [5, 5.41) is 0. The van der Waals surface area contributed by atoms with Gasteiger partial charge in [-0.15, -0.1) is 0 Å². The van der Waals surface area contributed by atoms with Crippen LogP contribution in [0.2, 0.25) is 0 Å². The van der Waals surface area contributed by atoms with Gasteiger partial charge in [0.25, 0.3) is 0 Å². The molecule has 102 valence electrons. The minimum absolute atomic E-state index is 0.0497. The molecule has 2 aromatic carbocycles. The van der Waals surface area contributed by atoms with Gasteiger partial charge in [-0.3, -0.25) is 0 Å². The number of halogens is 2. The molecule has 0 spiro atoms. The quantitative estimate of drug-likeness (QED) is 0.767. The fourth-order valence-corrected chi connectivity index (χ4v) is 1.53. The van der Waals surface area contributed by atoms with Crippen molar-refractivity contribution in [3.8, 4) is 5.75 Å². The third kappa shape index (κ3) is 4.36. The van der Waals surface area contributed by atoms with E-state index in [4.69, 9.17) is 4.74 Å². The largest absolute Gasteiger partial charge is 0.486 e. The van der Waals surface area contributed by atoms with E-state index in [2.05, 4.69) is 0 Å². The summed E-state index contributed by atoms with van der Waals surface area (Å²) in [6.45, 7) is 5.92. The molecule has 0 atom stereocenters. The average Bonchev–Trinajstić information content (AvgIpc) is 2.44. The van der Waals surface area contributed by atoms with Crippen molar-refractivity contribution in [1.29, 1.82) is 0 Å². The molecule has 0 aliphatic rings. The molecule has 0 saturated carbocycles. The van der Waals surface area contributed by atoms with Crippen molar-refractivity contribution in [2.75, 3.05) is 0 Å². The summed E-state index contributed by atoms with van der Waals surface area (Å²) in [4.78, 5) is 0. The van der Waals surface area contributed by atoms with E-state index in [9.17, 15) is 8.78 Å². The highest BCUT2D eigenvalue weighted by Gasteiger charge is 2.10. The van der Waals surface area contributed by atoms with Crippen LogP contribution in [0.1, 0.15) is 25.0 Å². The molecule has 0 aliphatic heterocycles. The molecule has 0 unspecified atom stereocenters. The van der Waals surface area contributed by atoms with Crippen LogP contribution in [0.3, 0.4) is 0 Å². The first-order chi connectivity index (χ1) is 9.16. The zero-order chi connectivity index (χ0) is 14.3. The van der Waals surface area contributed by atoms with Crippen LogP contribution in [-0.4, -0.2) is 0 Å². The van der Waals surface area contributed by atoms with E-state index in [-0.39, 0.29) is 12.4 Å². The van der Waals surface area contributed by atoms with Crippen LogP contribution in [0.5, 0.6) is 5.75 Å². The molecular formula is C16H18F2O. The fraction of sp³-hybridized carbons (Fsp3) is 0.250. The lowest BCUT2D eigenvalue weighted by Crippen LogP contribution is -1.99. The Bertz CT molecular complexity index is 510. The van der Waals surface area contributed by atoms with Crippen LogP contribution in [0.15, 0.2) is 42.5 Å². The molecule has 0 fully saturated rings. The van der Waals surface area contributed by atoms with E-state index in [0.29, 0.717) is 5.56 Å². The predicted octanol–water partition coefficient (Wildman–Crippen LogP) is 4.88. The molecule has 0 radical (unpaired) electrons. The highest BCUT2D eigenvalue weighted by atomic mass is 19.2. The Morgan fingerprint density at radius 2 is 1.63 bits per heavy atom. The Kier molecular flexibility index (Phi) is 6.00. The molecule has 0 aliphatic carbocycles. The fourth-order valence-electron chi connectivity index (χ4n) is 1.53. The van der Waals surface area contributed by atoms with Gasteiger partial charge in [-0.1, -0.05) is 44.2 Å². The van der Waals surface area contributed by atoms with Gasteiger partial charge in [-0.2, -0.15) is 4.39 Å². The highest BCUT2D eigenvalue weighted by Crippen LogP contribution is 2.22. The molecular weight excluding hydrogens is 246 g/mol. The van der Waals surface area contributed by atoms with E-state index in [0.717, 1.165) is 11.6 Å². The van der Waals surface area contributed by atoms with E-state index in [1.165, 1.54) is 6.07 Å². The zero-order valence-corrected chi connectivity index (χ0v) is 11.4. The first-order valence-electron chi connectivity index (χ1n) is 6.29.